The van der Waals surface area contributed by atoms with Gasteiger partial charge in [0.2, 0.25) is 0 Å². The lowest BCUT2D eigenvalue weighted by atomic mass is 10.2. The Morgan fingerprint density at radius 1 is 1.12 bits per heavy atom. The molecule has 0 bridgehead atoms. The van der Waals surface area contributed by atoms with Crippen molar-refractivity contribution in [3.8, 4) is 0 Å². The average molecular weight is 305 g/mol. The van der Waals surface area contributed by atoms with Gasteiger partial charge in [-0.3, -0.25) is 0 Å². The van der Waals surface area contributed by atoms with E-state index in [9.17, 15) is 0 Å². The van der Waals surface area contributed by atoms with Crippen LogP contribution in [-0.2, 0) is 0 Å². The van der Waals surface area contributed by atoms with Gasteiger partial charge in [-0.05, 0) is 56.5 Å². The molecule has 3 rings (SSSR count). The van der Waals surface area contributed by atoms with Crippen molar-refractivity contribution >= 4 is 50.4 Å². The first-order chi connectivity index (χ1) is 8.34. The van der Waals surface area contributed by atoms with Gasteiger partial charge in [0.1, 0.15) is 11.3 Å². The largest absolute Gasteiger partial charge is 0.455 e. The second-order valence-electron chi connectivity index (χ2n) is 3.67. The summed E-state index contributed by atoms with van der Waals surface area (Å²) in [6, 6.07) is 10.1. The molecule has 0 N–H and O–H groups in total. The molecule has 3 aromatic rings. The highest BCUT2D eigenvalue weighted by molar-refractivity contribution is 9.10. The highest BCUT2D eigenvalue weighted by atomic mass is 79.9. The van der Waals surface area contributed by atoms with Gasteiger partial charge in [0, 0.05) is 5.39 Å². The van der Waals surface area contributed by atoms with E-state index in [2.05, 4.69) is 38.8 Å². The monoisotopic (exact) mass is 304 g/mol. The van der Waals surface area contributed by atoms with E-state index in [0.29, 0.717) is 0 Å². The van der Waals surface area contributed by atoms with E-state index < -0.39 is 0 Å². The minimum absolute atomic E-state index is 0.859. The molecule has 0 aliphatic carbocycles. The van der Waals surface area contributed by atoms with Crippen LogP contribution in [-0.4, -0.2) is 0 Å². The number of thiophene rings is 1. The summed E-state index contributed by atoms with van der Waals surface area (Å²) in [5.74, 6) is 0.859. The van der Waals surface area contributed by atoms with Crippen molar-refractivity contribution in [1.82, 2.24) is 0 Å². The Morgan fingerprint density at radius 2 is 2.00 bits per heavy atom. The van der Waals surface area contributed by atoms with Crippen molar-refractivity contribution in [2.75, 3.05) is 0 Å². The number of fused-ring (bicyclic) bond motifs is 1. The molecule has 1 aromatic carbocycles. The number of benzene rings is 1. The smallest absolute Gasteiger partial charge is 0.142 e. The van der Waals surface area contributed by atoms with Crippen molar-refractivity contribution in [2.45, 2.75) is 0 Å². The van der Waals surface area contributed by atoms with Crippen LogP contribution in [0.5, 0.6) is 0 Å². The molecule has 0 saturated carbocycles. The van der Waals surface area contributed by atoms with Crippen LogP contribution < -0.4 is 0 Å². The summed E-state index contributed by atoms with van der Waals surface area (Å²) in [4.78, 5) is 0. The predicted octanol–water partition coefficient (Wildman–Crippen LogP) is 5.43. The lowest BCUT2D eigenvalue weighted by Gasteiger charge is -1.87. The summed E-state index contributed by atoms with van der Waals surface area (Å²) in [6.45, 7) is 0. The molecule has 0 atom stereocenters. The molecule has 2 heterocycles. The zero-order valence-corrected chi connectivity index (χ0v) is 11.3. The topological polar surface area (TPSA) is 13.1 Å². The molecule has 3 heteroatoms. The Hall–Kier alpha value is -1.32. The van der Waals surface area contributed by atoms with E-state index in [0.717, 1.165) is 21.2 Å². The molecule has 0 amide bonds. The van der Waals surface area contributed by atoms with Crippen LogP contribution >= 0.6 is 27.3 Å². The number of furan rings is 1. The summed E-state index contributed by atoms with van der Waals surface area (Å²) in [5.41, 5.74) is 2.10. The Kier molecular flexibility index (Phi) is 2.87. The summed E-state index contributed by atoms with van der Waals surface area (Å²) in [5, 5.41) is 5.28. The lowest BCUT2D eigenvalue weighted by molar-refractivity contribution is 0.602. The second kappa shape index (κ2) is 4.51. The fraction of sp³-hybridized carbons (Fsp3) is 0. The summed E-state index contributed by atoms with van der Waals surface area (Å²) in [6.07, 6.45) is 4.05. The van der Waals surface area contributed by atoms with Crippen LogP contribution in [0.3, 0.4) is 0 Å². The number of halogens is 1. The quantitative estimate of drug-likeness (QED) is 0.615. The third-order valence-corrected chi connectivity index (χ3v) is 4.05. The van der Waals surface area contributed by atoms with E-state index in [1.807, 2.05) is 30.3 Å². The number of hydrogen-bond acceptors (Lipinski definition) is 2. The average Bonchev–Trinajstić information content (AvgIpc) is 2.96. The molecule has 0 fully saturated rings. The normalized spacial score (nSPS) is 11.6. The minimum atomic E-state index is 0.859. The Morgan fingerprint density at radius 3 is 2.76 bits per heavy atom. The van der Waals surface area contributed by atoms with Crippen LogP contribution in [0.2, 0.25) is 0 Å². The zero-order chi connectivity index (χ0) is 11.7. The first kappa shape index (κ1) is 10.8. The molecule has 1 nitrogen and oxygen atoms in total. The fourth-order valence-electron chi connectivity index (χ4n) is 1.68. The molecule has 17 heavy (non-hydrogen) atoms. The highest BCUT2D eigenvalue weighted by Gasteiger charge is 2.08. The molecule has 0 spiro atoms. The van der Waals surface area contributed by atoms with E-state index in [1.54, 1.807) is 11.3 Å². The van der Waals surface area contributed by atoms with E-state index >= 15 is 0 Å². The molecule has 0 saturated heterocycles. The van der Waals surface area contributed by atoms with E-state index in [1.165, 1.54) is 5.56 Å². The summed E-state index contributed by atoms with van der Waals surface area (Å²) in [7, 11) is 0. The van der Waals surface area contributed by atoms with Gasteiger partial charge in [-0.1, -0.05) is 18.2 Å². The minimum Gasteiger partial charge on any atom is -0.455 e. The second-order valence-corrected chi connectivity index (χ2v) is 5.24. The maximum absolute atomic E-state index is 5.77. The fourth-order valence-corrected chi connectivity index (χ4v) is 2.85. The van der Waals surface area contributed by atoms with Crippen LogP contribution in [0.4, 0.5) is 0 Å². The van der Waals surface area contributed by atoms with Gasteiger partial charge in [-0.25, -0.2) is 0 Å². The van der Waals surface area contributed by atoms with Crippen molar-refractivity contribution in [3.63, 3.8) is 0 Å². The molecular weight excluding hydrogens is 296 g/mol. The first-order valence-corrected chi connectivity index (χ1v) is 6.95. The summed E-state index contributed by atoms with van der Waals surface area (Å²) >= 11 is 5.26. The Bertz CT molecular complexity index is 665. The van der Waals surface area contributed by atoms with Crippen LogP contribution in [0.15, 0.2) is 50.0 Å². The standard InChI is InChI=1S/C14H9BrOS/c15-14-11-3-1-2-4-12(11)16-13(14)6-5-10-7-8-17-9-10/h1-9H/b6-5+. The zero-order valence-electron chi connectivity index (χ0n) is 8.89. The molecule has 0 unspecified atom stereocenters. The van der Waals surface area contributed by atoms with Gasteiger partial charge >= 0.3 is 0 Å². The van der Waals surface area contributed by atoms with Crippen molar-refractivity contribution in [3.05, 3.63) is 56.9 Å². The SMILES string of the molecule is Brc1c(/C=C/c2ccsc2)oc2ccccc12. The van der Waals surface area contributed by atoms with Crippen LogP contribution in [0.1, 0.15) is 11.3 Å². The Balaban J connectivity index is 2.03. The van der Waals surface area contributed by atoms with Crippen molar-refractivity contribution in [2.24, 2.45) is 0 Å². The Labute approximate surface area is 112 Å². The van der Waals surface area contributed by atoms with Crippen molar-refractivity contribution < 1.29 is 4.42 Å². The van der Waals surface area contributed by atoms with Crippen LogP contribution in [0.25, 0.3) is 23.1 Å². The van der Waals surface area contributed by atoms with E-state index in [-0.39, 0.29) is 0 Å². The maximum atomic E-state index is 5.77. The van der Waals surface area contributed by atoms with Gasteiger partial charge < -0.3 is 4.42 Å². The predicted molar refractivity (Wildman–Crippen MR) is 77.2 cm³/mol. The van der Waals surface area contributed by atoms with E-state index in [4.69, 9.17) is 4.42 Å². The first-order valence-electron chi connectivity index (χ1n) is 5.22. The van der Waals surface area contributed by atoms with Gasteiger partial charge in [-0.2, -0.15) is 11.3 Å². The maximum Gasteiger partial charge on any atom is 0.142 e. The molecule has 84 valence electrons. The van der Waals surface area contributed by atoms with Gasteiger partial charge in [0.05, 0.1) is 4.47 Å². The lowest BCUT2D eigenvalue weighted by Crippen LogP contribution is -1.66. The molecule has 0 aliphatic rings. The third-order valence-electron chi connectivity index (χ3n) is 2.53. The van der Waals surface area contributed by atoms with Crippen LogP contribution in [0, 0.1) is 0 Å². The molecule has 0 radical (unpaired) electrons. The third kappa shape index (κ3) is 2.08. The summed E-state index contributed by atoms with van der Waals surface area (Å²) < 4.78 is 6.78. The molecule has 0 aliphatic heterocycles. The van der Waals surface area contributed by atoms with Gasteiger partial charge in [0.25, 0.3) is 0 Å². The molecular formula is C14H9BrOS. The number of para-hydroxylation sites is 1. The van der Waals surface area contributed by atoms with Gasteiger partial charge in [-0.15, -0.1) is 0 Å². The number of hydrogen-bond donors (Lipinski definition) is 0. The highest BCUT2D eigenvalue weighted by Crippen LogP contribution is 2.31. The molecule has 2 aromatic heterocycles. The number of rotatable bonds is 2. The van der Waals surface area contributed by atoms with Crippen molar-refractivity contribution in [1.29, 1.82) is 0 Å². The van der Waals surface area contributed by atoms with Gasteiger partial charge in [0.15, 0.2) is 0 Å².